The maximum Gasteiger partial charge on any atom is 0.224 e. The van der Waals surface area contributed by atoms with E-state index in [2.05, 4.69) is 21.2 Å². The van der Waals surface area contributed by atoms with Crippen LogP contribution in [0.4, 0.5) is 0 Å². The van der Waals surface area contributed by atoms with Crippen molar-refractivity contribution in [3.8, 4) is 11.5 Å². The summed E-state index contributed by atoms with van der Waals surface area (Å²) in [5.74, 6) is 1.09. The standard InChI is InChI=1S/C17H24BrNO5S/c1-4-23-14-8-12(13(18)10-15(14)24-5-2)9-16(20)19-17(3)6-7-25(21,22)11-17/h8,10H,4-7,9,11H2,1-3H3,(H,19,20)/t17-/m0/s1. The van der Waals surface area contributed by atoms with E-state index in [1.165, 1.54) is 0 Å². The molecule has 1 amide bonds. The molecule has 0 bridgehead atoms. The van der Waals surface area contributed by atoms with Crippen molar-refractivity contribution in [3.05, 3.63) is 22.2 Å². The molecular formula is C17H24BrNO5S. The summed E-state index contributed by atoms with van der Waals surface area (Å²) in [4.78, 5) is 12.4. The number of ether oxygens (including phenoxy) is 2. The quantitative estimate of drug-likeness (QED) is 0.713. The smallest absolute Gasteiger partial charge is 0.224 e. The van der Waals surface area contributed by atoms with Crippen LogP contribution in [-0.2, 0) is 21.1 Å². The van der Waals surface area contributed by atoms with Crippen LogP contribution in [0.15, 0.2) is 16.6 Å². The fraction of sp³-hybridized carbons (Fsp3) is 0.588. The van der Waals surface area contributed by atoms with Gasteiger partial charge in [-0.2, -0.15) is 0 Å². The maximum atomic E-state index is 12.4. The third-order valence-electron chi connectivity index (χ3n) is 4.01. The molecule has 0 spiro atoms. The number of carbonyl (C=O) groups is 1. The van der Waals surface area contributed by atoms with Crippen molar-refractivity contribution >= 4 is 31.7 Å². The molecule has 1 aromatic carbocycles. The molecule has 1 aliphatic heterocycles. The van der Waals surface area contributed by atoms with Crippen LogP contribution < -0.4 is 14.8 Å². The highest BCUT2D eigenvalue weighted by Crippen LogP contribution is 2.34. The summed E-state index contributed by atoms with van der Waals surface area (Å²) in [7, 11) is -3.07. The largest absolute Gasteiger partial charge is 0.490 e. The molecule has 2 rings (SSSR count). The van der Waals surface area contributed by atoms with Crippen molar-refractivity contribution in [2.45, 2.75) is 39.2 Å². The van der Waals surface area contributed by atoms with E-state index in [0.29, 0.717) is 31.1 Å². The highest BCUT2D eigenvalue weighted by molar-refractivity contribution is 9.10. The Kier molecular flexibility index (Phi) is 6.37. The fourth-order valence-corrected chi connectivity index (χ4v) is 5.47. The van der Waals surface area contributed by atoms with Crippen LogP contribution in [0.1, 0.15) is 32.8 Å². The van der Waals surface area contributed by atoms with E-state index in [-0.39, 0.29) is 23.8 Å². The molecule has 1 saturated heterocycles. The SMILES string of the molecule is CCOc1cc(Br)c(CC(=O)N[C@@]2(C)CCS(=O)(=O)C2)cc1OCC. The van der Waals surface area contributed by atoms with Crippen molar-refractivity contribution in [2.24, 2.45) is 0 Å². The highest BCUT2D eigenvalue weighted by atomic mass is 79.9. The van der Waals surface area contributed by atoms with Gasteiger partial charge >= 0.3 is 0 Å². The summed E-state index contributed by atoms with van der Waals surface area (Å²) in [5.41, 5.74) is 0.0602. The molecule has 0 unspecified atom stereocenters. The predicted molar refractivity (Wildman–Crippen MR) is 100 cm³/mol. The summed E-state index contributed by atoms with van der Waals surface area (Å²) in [6.45, 7) is 6.55. The lowest BCUT2D eigenvalue weighted by Crippen LogP contribution is -2.47. The Bertz CT molecular complexity index is 750. The molecule has 0 radical (unpaired) electrons. The summed E-state index contributed by atoms with van der Waals surface area (Å²) in [6, 6.07) is 3.57. The van der Waals surface area contributed by atoms with E-state index in [1.54, 1.807) is 19.1 Å². The number of amides is 1. The normalized spacial score (nSPS) is 21.8. The van der Waals surface area contributed by atoms with Crippen LogP contribution in [0.5, 0.6) is 11.5 Å². The number of hydrogen-bond donors (Lipinski definition) is 1. The van der Waals surface area contributed by atoms with Gasteiger partial charge in [0.25, 0.3) is 0 Å². The molecule has 1 atom stereocenters. The third kappa shape index (κ3) is 5.34. The Morgan fingerprint density at radius 1 is 1.24 bits per heavy atom. The van der Waals surface area contributed by atoms with E-state index in [4.69, 9.17) is 9.47 Å². The first kappa shape index (κ1) is 20.0. The van der Waals surface area contributed by atoms with Gasteiger partial charge in [-0.15, -0.1) is 0 Å². The predicted octanol–water partition coefficient (Wildman–Crippen LogP) is 2.48. The van der Waals surface area contributed by atoms with Gasteiger partial charge in [0.1, 0.15) is 0 Å². The highest BCUT2D eigenvalue weighted by Gasteiger charge is 2.39. The first-order chi connectivity index (χ1) is 11.7. The summed E-state index contributed by atoms with van der Waals surface area (Å²) in [6.07, 6.45) is 0.568. The Balaban J connectivity index is 2.13. The minimum atomic E-state index is -3.07. The molecule has 6 nitrogen and oxygen atoms in total. The van der Waals surface area contributed by atoms with Gasteiger partial charge in [-0.05, 0) is 44.9 Å². The molecule has 0 saturated carbocycles. The van der Waals surface area contributed by atoms with E-state index >= 15 is 0 Å². The van der Waals surface area contributed by atoms with Crippen molar-refractivity contribution in [2.75, 3.05) is 24.7 Å². The van der Waals surface area contributed by atoms with E-state index < -0.39 is 15.4 Å². The summed E-state index contributed by atoms with van der Waals surface area (Å²) >= 11 is 3.46. The number of nitrogens with one attached hydrogen (secondary N) is 1. The molecule has 8 heteroatoms. The van der Waals surface area contributed by atoms with Crippen LogP contribution in [0.25, 0.3) is 0 Å². The molecule has 140 valence electrons. The monoisotopic (exact) mass is 433 g/mol. The lowest BCUT2D eigenvalue weighted by Gasteiger charge is -2.24. The molecule has 1 N–H and O–H groups in total. The molecule has 1 aliphatic rings. The zero-order valence-corrected chi connectivity index (χ0v) is 17.1. The van der Waals surface area contributed by atoms with Gasteiger partial charge < -0.3 is 14.8 Å². The van der Waals surface area contributed by atoms with Gasteiger partial charge in [-0.1, -0.05) is 15.9 Å². The molecule has 1 aromatic rings. The molecule has 0 aromatic heterocycles. The van der Waals surface area contributed by atoms with Gasteiger partial charge in [-0.25, -0.2) is 8.42 Å². The molecule has 1 fully saturated rings. The Hall–Kier alpha value is -1.28. The first-order valence-corrected chi connectivity index (χ1v) is 10.9. The van der Waals surface area contributed by atoms with Crippen LogP contribution in [0, 0.1) is 0 Å². The summed E-state index contributed by atoms with van der Waals surface area (Å²) in [5, 5.41) is 2.87. The third-order valence-corrected chi connectivity index (χ3v) is 6.65. The van der Waals surface area contributed by atoms with Crippen molar-refractivity contribution in [3.63, 3.8) is 0 Å². The lowest BCUT2D eigenvalue weighted by molar-refractivity contribution is -0.121. The van der Waals surface area contributed by atoms with Crippen molar-refractivity contribution in [1.29, 1.82) is 0 Å². The number of hydrogen-bond acceptors (Lipinski definition) is 5. The number of carbonyl (C=O) groups excluding carboxylic acids is 1. The Morgan fingerprint density at radius 3 is 2.36 bits per heavy atom. The lowest BCUT2D eigenvalue weighted by atomic mass is 10.0. The van der Waals surface area contributed by atoms with Crippen molar-refractivity contribution in [1.82, 2.24) is 5.32 Å². The van der Waals surface area contributed by atoms with Gasteiger partial charge in [0.05, 0.1) is 36.7 Å². The minimum absolute atomic E-state index is 0.0135. The number of halogens is 1. The zero-order valence-electron chi connectivity index (χ0n) is 14.7. The molecule has 25 heavy (non-hydrogen) atoms. The second-order valence-corrected chi connectivity index (χ2v) is 9.42. The van der Waals surface area contributed by atoms with Crippen LogP contribution in [0.3, 0.4) is 0 Å². The van der Waals surface area contributed by atoms with Crippen LogP contribution in [-0.4, -0.2) is 44.6 Å². The average Bonchev–Trinajstić information content (AvgIpc) is 2.77. The fourth-order valence-electron chi connectivity index (χ4n) is 2.91. The van der Waals surface area contributed by atoms with Crippen LogP contribution >= 0.6 is 15.9 Å². The average molecular weight is 434 g/mol. The minimum Gasteiger partial charge on any atom is -0.490 e. The topological polar surface area (TPSA) is 81.7 Å². The zero-order chi connectivity index (χ0) is 18.7. The van der Waals surface area contributed by atoms with Gasteiger partial charge in [-0.3, -0.25) is 4.79 Å². The molecule has 0 aliphatic carbocycles. The summed E-state index contributed by atoms with van der Waals surface area (Å²) < 4.78 is 35.2. The van der Waals surface area contributed by atoms with Gasteiger partial charge in [0.15, 0.2) is 21.3 Å². The number of sulfone groups is 1. The molecular weight excluding hydrogens is 410 g/mol. The van der Waals surface area contributed by atoms with Gasteiger partial charge in [0.2, 0.25) is 5.91 Å². The Labute approximate surface area is 157 Å². The second-order valence-electron chi connectivity index (χ2n) is 6.38. The van der Waals surface area contributed by atoms with E-state index in [1.807, 2.05) is 13.8 Å². The van der Waals surface area contributed by atoms with Crippen molar-refractivity contribution < 1.29 is 22.7 Å². The van der Waals surface area contributed by atoms with E-state index in [9.17, 15) is 13.2 Å². The van der Waals surface area contributed by atoms with E-state index in [0.717, 1.165) is 10.0 Å². The Morgan fingerprint density at radius 2 is 1.84 bits per heavy atom. The molecule has 1 heterocycles. The first-order valence-electron chi connectivity index (χ1n) is 8.27. The number of rotatable bonds is 7. The maximum absolute atomic E-state index is 12.4. The van der Waals surface area contributed by atoms with Gasteiger partial charge in [0, 0.05) is 4.47 Å². The van der Waals surface area contributed by atoms with Crippen LogP contribution in [0.2, 0.25) is 0 Å². The second kappa shape index (κ2) is 7.95. The number of benzene rings is 1.